The lowest BCUT2D eigenvalue weighted by molar-refractivity contribution is -0.148. The number of benzene rings is 2. The average molecular weight is 417 g/mol. The van der Waals surface area contributed by atoms with E-state index in [0.717, 1.165) is 15.6 Å². The second kappa shape index (κ2) is 7.89. The van der Waals surface area contributed by atoms with Gasteiger partial charge in [0.1, 0.15) is 12.5 Å². The molecule has 1 aliphatic rings. The fraction of sp³-hybridized carbons (Fsp3) is 0.211. The van der Waals surface area contributed by atoms with Crippen molar-refractivity contribution in [1.82, 2.24) is 5.32 Å². The molecule has 0 radical (unpaired) electrons. The monoisotopic (exact) mass is 416 g/mol. The van der Waals surface area contributed by atoms with Crippen molar-refractivity contribution < 1.29 is 9.53 Å². The van der Waals surface area contributed by atoms with Gasteiger partial charge in [-0.25, -0.2) is 4.99 Å². The fourth-order valence-corrected chi connectivity index (χ4v) is 3.51. The number of nitrogens with zero attached hydrogens (tertiary/aromatic N) is 1. The molecular weight excluding hydrogens is 400 g/mol. The van der Waals surface area contributed by atoms with Gasteiger partial charge in [-0.3, -0.25) is 4.79 Å². The van der Waals surface area contributed by atoms with E-state index in [1.165, 1.54) is 0 Å². The molecule has 2 aromatic carbocycles. The first-order chi connectivity index (χ1) is 12.0. The third kappa shape index (κ3) is 4.32. The maximum atomic E-state index is 12.8. The molecule has 1 aliphatic heterocycles. The lowest BCUT2D eigenvalue weighted by Gasteiger charge is -2.31. The van der Waals surface area contributed by atoms with Crippen LogP contribution in [0.4, 0.5) is 0 Å². The maximum absolute atomic E-state index is 12.8. The van der Waals surface area contributed by atoms with Crippen LogP contribution in [-0.2, 0) is 16.1 Å². The summed E-state index contributed by atoms with van der Waals surface area (Å²) < 4.78 is 6.48. The Labute approximate surface area is 160 Å². The summed E-state index contributed by atoms with van der Waals surface area (Å²) in [6.07, 6.45) is 0. The number of aliphatic imine (C=N–C) groups is 1. The van der Waals surface area contributed by atoms with Gasteiger partial charge in [-0.05, 0) is 42.4 Å². The molecule has 1 heterocycles. The summed E-state index contributed by atoms with van der Waals surface area (Å²) in [5.74, 6) is -0.838. The standard InChI is InChI=1S/C19H17BrN2O2S/c1-12-16(18(23)24-11-13-6-3-2-4-7-13)17(22-19(25)21-12)14-8-5-9-15(20)10-14/h2-10,16-17H,11H2,1H3,(H,22,25). The molecule has 6 heteroatoms. The van der Waals surface area contributed by atoms with Gasteiger partial charge in [-0.1, -0.05) is 58.4 Å². The van der Waals surface area contributed by atoms with Crippen molar-refractivity contribution in [2.45, 2.75) is 19.6 Å². The summed E-state index contributed by atoms with van der Waals surface area (Å²) in [4.78, 5) is 17.0. The predicted octanol–water partition coefficient (Wildman–Crippen LogP) is 4.20. The van der Waals surface area contributed by atoms with Crippen molar-refractivity contribution in [2.24, 2.45) is 10.9 Å². The van der Waals surface area contributed by atoms with Gasteiger partial charge >= 0.3 is 5.97 Å². The zero-order valence-electron chi connectivity index (χ0n) is 13.6. The van der Waals surface area contributed by atoms with Crippen molar-refractivity contribution in [3.8, 4) is 0 Å². The Kier molecular flexibility index (Phi) is 5.60. The number of ether oxygens (including phenoxy) is 1. The fourth-order valence-electron chi connectivity index (χ4n) is 2.82. The average Bonchev–Trinajstić information content (AvgIpc) is 2.60. The van der Waals surface area contributed by atoms with Gasteiger partial charge in [0.2, 0.25) is 0 Å². The number of carbonyl (C=O) groups excluding carboxylic acids is 1. The highest BCUT2D eigenvalue weighted by atomic mass is 79.9. The van der Waals surface area contributed by atoms with Gasteiger partial charge in [0.15, 0.2) is 5.11 Å². The molecule has 0 bridgehead atoms. The number of halogens is 1. The Bertz CT molecular complexity index is 823. The summed E-state index contributed by atoms with van der Waals surface area (Å²) >= 11 is 8.68. The van der Waals surface area contributed by atoms with Crippen molar-refractivity contribution in [1.29, 1.82) is 0 Å². The molecule has 25 heavy (non-hydrogen) atoms. The number of hydrogen-bond donors (Lipinski definition) is 1. The second-order valence-electron chi connectivity index (χ2n) is 5.81. The Morgan fingerprint density at radius 3 is 2.72 bits per heavy atom. The van der Waals surface area contributed by atoms with E-state index in [1.54, 1.807) is 0 Å². The molecule has 2 aromatic rings. The van der Waals surface area contributed by atoms with Crippen LogP contribution >= 0.6 is 28.1 Å². The molecule has 0 aromatic heterocycles. The van der Waals surface area contributed by atoms with E-state index in [1.807, 2.05) is 61.5 Å². The van der Waals surface area contributed by atoms with Gasteiger partial charge in [-0.2, -0.15) is 0 Å². The molecular formula is C19H17BrN2O2S. The van der Waals surface area contributed by atoms with Crippen LogP contribution < -0.4 is 5.32 Å². The second-order valence-corrected chi connectivity index (χ2v) is 7.11. The molecule has 2 atom stereocenters. The van der Waals surface area contributed by atoms with Crippen LogP contribution in [0, 0.1) is 5.92 Å². The van der Waals surface area contributed by atoms with Crippen LogP contribution in [0.1, 0.15) is 24.1 Å². The number of esters is 1. The van der Waals surface area contributed by atoms with Gasteiger partial charge < -0.3 is 10.1 Å². The molecule has 128 valence electrons. The van der Waals surface area contributed by atoms with Crippen LogP contribution in [-0.4, -0.2) is 16.8 Å². The van der Waals surface area contributed by atoms with Crippen LogP contribution in [0.15, 0.2) is 64.1 Å². The third-order valence-corrected chi connectivity index (χ3v) is 4.73. The van der Waals surface area contributed by atoms with E-state index in [9.17, 15) is 4.79 Å². The molecule has 0 spiro atoms. The molecule has 0 amide bonds. The highest BCUT2D eigenvalue weighted by molar-refractivity contribution is 9.10. The summed E-state index contributed by atoms with van der Waals surface area (Å²) in [6, 6.07) is 17.1. The Hall–Kier alpha value is -2.05. The molecule has 2 unspecified atom stereocenters. The van der Waals surface area contributed by atoms with Crippen LogP contribution in [0.5, 0.6) is 0 Å². The number of nitrogens with one attached hydrogen (secondary N) is 1. The number of thiocarbonyl (C=S) groups is 1. The normalized spacial score (nSPS) is 19.8. The minimum Gasteiger partial charge on any atom is -0.460 e. The maximum Gasteiger partial charge on any atom is 0.317 e. The van der Waals surface area contributed by atoms with E-state index in [-0.39, 0.29) is 18.6 Å². The topological polar surface area (TPSA) is 50.7 Å². The minimum atomic E-state index is -0.523. The molecule has 0 aliphatic carbocycles. The Morgan fingerprint density at radius 1 is 1.24 bits per heavy atom. The molecule has 1 N–H and O–H groups in total. The molecule has 3 rings (SSSR count). The first kappa shape index (κ1) is 17.8. The minimum absolute atomic E-state index is 0.235. The zero-order valence-corrected chi connectivity index (χ0v) is 16.0. The van der Waals surface area contributed by atoms with Crippen LogP contribution in [0.2, 0.25) is 0 Å². The quantitative estimate of drug-likeness (QED) is 0.599. The van der Waals surface area contributed by atoms with Gasteiger partial charge in [0, 0.05) is 10.2 Å². The van der Waals surface area contributed by atoms with Crippen molar-refractivity contribution >= 4 is 44.9 Å². The Balaban J connectivity index is 1.83. The van der Waals surface area contributed by atoms with E-state index < -0.39 is 5.92 Å². The van der Waals surface area contributed by atoms with E-state index in [4.69, 9.17) is 17.0 Å². The van der Waals surface area contributed by atoms with Crippen LogP contribution in [0.25, 0.3) is 0 Å². The molecule has 0 fully saturated rings. The van der Waals surface area contributed by atoms with E-state index in [2.05, 4.69) is 26.2 Å². The zero-order chi connectivity index (χ0) is 17.8. The summed E-state index contributed by atoms with van der Waals surface area (Å²) in [7, 11) is 0. The summed E-state index contributed by atoms with van der Waals surface area (Å²) in [6.45, 7) is 2.05. The largest absolute Gasteiger partial charge is 0.460 e. The first-order valence-electron chi connectivity index (χ1n) is 7.86. The van der Waals surface area contributed by atoms with Crippen molar-refractivity contribution in [3.63, 3.8) is 0 Å². The first-order valence-corrected chi connectivity index (χ1v) is 9.06. The highest BCUT2D eigenvalue weighted by Gasteiger charge is 2.37. The van der Waals surface area contributed by atoms with Gasteiger partial charge in [0.25, 0.3) is 0 Å². The van der Waals surface area contributed by atoms with Crippen molar-refractivity contribution in [2.75, 3.05) is 0 Å². The van der Waals surface area contributed by atoms with Gasteiger partial charge in [-0.15, -0.1) is 0 Å². The molecule has 0 saturated heterocycles. The van der Waals surface area contributed by atoms with Gasteiger partial charge in [0.05, 0.1) is 6.04 Å². The lowest BCUT2D eigenvalue weighted by Crippen LogP contribution is -2.44. The van der Waals surface area contributed by atoms with E-state index in [0.29, 0.717) is 10.8 Å². The number of rotatable bonds is 4. The Morgan fingerprint density at radius 2 is 2.00 bits per heavy atom. The molecule has 0 saturated carbocycles. The third-order valence-electron chi connectivity index (χ3n) is 4.03. The summed E-state index contributed by atoms with van der Waals surface area (Å²) in [5, 5.41) is 3.53. The SMILES string of the molecule is CC1=NC(=S)NC(c2cccc(Br)c2)C1C(=O)OCc1ccccc1. The highest BCUT2D eigenvalue weighted by Crippen LogP contribution is 2.29. The number of carbonyl (C=O) groups is 1. The van der Waals surface area contributed by atoms with Crippen molar-refractivity contribution in [3.05, 3.63) is 70.2 Å². The smallest absolute Gasteiger partial charge is 0.317 e. The molecule has 4 nitrogen and oxygen atoms in total. The summed E-state index contributed by atoms with van der Waals surface area (Å²) in [5.41, 5.74) is 2.56. The van der Waals surface area contributed by atoms with Crippen LogP contribution in [0.3, 0.4) is 0 Å². The number of hydrogen-bond acceptors (Lipinski definition) is 3. The predicted molar refractivity (Wildman–Crippen MR) is 105 cm³/mol. The lowest BCUT2D eigenvalue weighted by atomic mass is 9.88. The van der Waals surface area contributed by atoms with E-state index >= 15 is 0 Å².